The number of carbonyl (C=O) groups is 1. The van der Waals surface area contributed by atoms with Crippen LogP contribution in [0.3, 0.4) is 0 Å². The van der Waals surface area contributed by atoms with Gasteiger partial charge >= 0.3 is 0 Å². The van der Waals surface area contributed by atoms with Gasteiger partial charge in [-0.1, -0.05) is 57.2 Å². The smallest absolute Gasteiger partial charge is 0.239 e. The highest BCUT2D eigenvalue weighted by Gasteiger charge is 2.43. The van der Waals surface area contributed by atoms with E-state index in [0.717, 1.165) is 28.7 Å². The van der Waals surface area contributed by atoms with Crippen molar-refractivity contribution in [2.75, 3.05) is 26.5 Å². The topological polar surface area (TPSA) is 66.9 Å². The molecule has 1 saturated heterocycles. The molecule has 1 aliphatic heterocycles. The molecule has 1 heterocycles. The van der Waals surface area contributed by atoms with E-state index in [-0.39, 0.29) is 17.9 Å². The molecule has 1 fully saturated rings. The molecule has 7 heteroatoms. The zero-order chi connectivity index (χ0) is 22.1. The Labute approximate surface area is 179 Å². The van der Waals surface area contributed by atoms with Gasteiger partial charge in [-0.3, -0.25) is 4.79 Å². The normalized spacial score (nSPS) is 18.1. The summed E-state index contributed by atoms with van der Waals surface area (Å²) in [5.74, 6) is 0.592. The van der Waals surface area contributed by atoms with E-state index in [1.165, 1.54) is 4.31 Å². The van der Waals surface area contributed by atoms with E-state index in [1.807, 2.05) is 48.5 Å². The minimum absolute atomic E-state index is 0.00536. The summed E-state index contributed by atoms with van der Waals surface area (Å²) in [7, 11) is -1.92. The van der Waals surface area contributed by atoms with E-state index in [0.29, 0.717) is 13.0 Å². The van der Waals surface area contributed by atoms with E-state index >= 15 is 0 Å². The summed E-state index contributed by atoms with van der Waals surface area (Å²) in [6.45, 7) is 6.69. The molecule has 0 aromatic heterocycles. The lowest BCUT2D eigenvalue weighted by atomic mass is 9.86. The number of rotatable bonds is 6. The molecule has 1 unspecified atom stereocenters. The van der Waals surface area contributed by atoms with Crippen LogP contribution in [-0.4, -0.2) is 50.0 Å². The second-order valence-corrected chi connectivity index (χ2v) is 10.7. The minimum atomic E-state index is -3.54. The molecule has 1 amide bonds. The summed E-state index contributed by atoms with van der Waals surface area (Å²) in [5.41, 5.74) is 3.01. The van der Waals surface area contributed by atoms with Crippen molar-refractivity contribution in [3.63, 3.8) is 0 Å². The van der Waals surface area contributed by atoms with Crippen molar-refractivity contribution in [1.29, 1.82) is 0 Å². The molecule has 30 heavy (non-hydrogen) atoms. The van der Waals surface area contributed by atoms with Gasteiger partial charge in [-0.15, -0.1) is 0 Å². The maximum absolute atomic E-state index is 12.8. The van der Waals surface area contributed by atoms with Crippen LogP contribution in [0.15, 0.2) is 48.5 Å². The summed E-state index contributed by atoms with van der Waals surface area (Å²) < 4.78 is 31.3. The van der Waals surface area contributed by atoms with Gasteiger partial charge in [0.15, 0.2) is 0 Å². The molecule has 6 nitrogen and oxygen atoms in total. The van der Waals surface area contributed by atoms with Crippen LogP contribution in [-0.2, 0) is 26.7 Å². The molecule has 3 rings (SSSR count). The zero-order valence-electron chi connectivity index (χ0n) is 18.3. The number of amides is 1. The van der Waals surface area contributed by atoms with Crippen LogP contribution in [0.2, 0.25) is 0 Å². The quantitative estimate of drug-likeness (QED) is 0.705. The van der Waals surface area contributed by atoms with Gasteiger partial charge in [0.2, 0.25) is 15.9 Å². The first-order valence-corrected chi connectivity index (χ1v) is 11.8. The van der Waals surface area contributed by atoms with Gasteiger partial charge in [-0.05, 0) is 40.7 Å². The Bertz CT molecular complexity index is 993. The maximum Gasteiger partial charge on any atom is 0.239 e. The third-order valence-electron chi connectivity index (χ3n) is 5.48. The molecule has 0 radical (unpaired) electrons. The van der Waals surface area contributed by atoms with Gasteiger partial charge < -0.3 is 9.64 Å². The predicted molar refractivity (Wildman–Crippen MR) is 118 cm³/mol. The predicted octanol–water partition coefficient (Wildman–Crippen LogP) is 3.34. The van der Waals surface area contributed by atoms with Crippen LogP contribution in [0.5, 0.6) is 5.75 Å². The molecule has 1 atom stereocenters. The van der Waals surface area contributed by atoms with Crippen molar-refractivity contribution in [2.24, 2.45) is 0 Å². The summed E-state index contributed by atoms with van der Waals surface area (Å²) in [5, 5.41) is 0. The molecule has 162 valence electrons. The van der Waals surface area contributed by atoms with Gasteiger partial charge in [0.05, 0.1) is 19.9 Å². The molecule has 0 aliphatic carbocycles. The van der Waals surface area contributed by atoms with E-state index in [9.17, 15) is 13.2 Å². The number of sulfonamides is 1. The Hall–Kier alpha value is -2.38. The summed E-state index contributed by atoms with van der Waals surface area (Å²) in [6.07, 6.45) is 1.16. The van der Waals surface area contributed by atoms with E-state index in [1.54, 1.807) is 12.0 Å². The molecule has 0 N–H and O–H groups in total. The Morgan fingerprint density at radius 3 is 2.13 bits per heavy atom. The number of hydrogen-bond acceptors (Lipinski definition) is 4. The second-order valence-electron chi connectivity index (χ2n) is 8.74. The summed E-state index contributed by atoms with van der Waals surface area (Å²) >= 11 is 0. The Balaban J connectivity index is 1.88. The van der Waals surface area contributed by atoms with Crippen LogP contribution in [0.1, 0.15) is 43.6 Å². The van der Waals surface area contributed by atoms with Crippen LogP contribution in [0.25, 0.3) is 0 Å². The van der Waals surface area contributed by atoms with Gasteiger partial charge in [0.1, 0.15) is 11.9 Å². The Morgan fingerprint density at radius 1 is 1.03 bits per heavy atom. The monoisotopic (exact) mass is 430 g/mol. The molecule has 0 saturated carbocycles. The van der Waals surface area contributed by atoms with E-state index in [4.69, 9.17) is 4.74 Å². The van der Waals surface area contributed by atoms with Crippen LogP contribution < -0.4 is 4.74 Å². The molecular formula is C23H30N2O4S. The number of hydrogen-bond donors (Lipinski definition) is 0. The summed E-state index contributed by atoms with van der Waals surface area (Å²) in [6, 6.07) is 15.6. The summed E-state index contributed by atoms with van der Waals surface area (Å²) in [4.78, 5) is 14.4. The third-order valence-corrected chi connectivity index (χ3v) is 6.66. The molecular weight excluding hydrogens is 400 g/mol. The highest BCUT2D eigenvalue weighted by molar-refractivity contribution is 7.88. The zero-order valence-corrected chi connectivity index (χ0v) is 19.1. The van der Waals surface area contributed by atoms with Crippen LogP contribution >= 0.6 is 0 Å². The fourth-order valence-corrected chi connectivity index (χ4v) is 4.63. The first kappa shape index (κ1) is 22.3. The lowest BCUT2D eigenvalue weighted by Crippen LogP contribution is -2.36. The van der Waals surface area contributed by atoms with E-state index < -0.39 is 16.2 Å². The fourth-order valence-electron chi connectivity index (χ4n) is 3.69. The largest absolute Gasteiger partial charge is 0.497 e. The highest BCUT2D eigenvalue weighted by atomic mass is 32.2. The van der Waals surface area contributed by atoms with Crippen molar-refractivity contribution in [3.05, 3.63) is 65.2 Å². The van der Waals surface area contributed by atoms with Crippen molar-refractivity contribution < 1.29 is 17.9 Å². The first-order chi connectivity index (χ1) is 14.0. The molecule has 2 aromatic rings. The van der Waals surface area contributed by atoms with Crippen molar-refractivity contribution in [3.8, 4) is 5.75 Å². The molecule has 0 spiro atoms. The first-order valence-electron chi connectivity index (χ1n) is 10.0. The Kier molecular flexibility index (Phi) is 6.24. The average Bonchev–Trinajstić information content (AvgIpc) is 3.03. The minimum Gasteiger partial charge on any atom is -0.497 e. The lowest BCUT2D eigenvalue weighted by molar-refractivity contribution is -0.128. The number of nitrogens with zero attached hydrogens (tertiary/aromatic N) is 2. The number of ether oxygens (including phenoxy) is 1. The lowest BCUT2D eigenvalue weighted by Gasteiger charge is -2.30. The molecule has 1 aliphatic rings. The van der Waals surface area contributed by atoms with E-state index in [2.05, 4.69) is 20.8 Å². The molecule has 2 aromatic carbocycles. The van der Waals surface area contributed by atoms with Crippen LogP contribution in [0.4, 0.5) is 0 Å². The van der Waals surface area contributed by atoms with Crippen molar-refractivity contribution in [1.82, 2.24) is 9.21 Å². The average molecular weight is 431 g/mol. The third kappa shape index (κ3) is 4.84. The highest BCUT2D eigenvalue weighted by Crippen LogP contribution is 2.34. The van der Waals surface area contributed by atoms with Crippen molar-refractivity contribution in [2.45, 2.75) is 38.8 Å². The van der Waals surface area contributed by atoms with Gasteiger partial charge in [0.25, 0.3) is 0 Å². The standard InChI is InChI=1S/C23H30N2O4S/c1-23(2,3)19-10-8-18(9-11-19)22-24(21(26)16-25(22)30(5,27)28)15-14-17-6-12-20(29-4)13-7-17/h6-13,22H,14-16H2,1-5H3. The number of methoxy groups -OCH3 is 1. The number of benzene rings is 2. The van der Waals surface area contributed by atoms with Crippen molar-refractivity contribution >= 4 is 15.9 Å². The van der Waals surface area contributed by atoms with Gasteiger partial charge in [-0.2, -0.15) is 4.31 Å². The second kappa shape index (κ2) is 8.40. The van der Waals surface area contributed by atoms with Gasteiger partial charge in [-0.25, -0.2) is 8.42 Å². The van der Waals surface area contributed by atoms with Crippen LogP contribution in [0, 0.1) is 0 Å². The number of carbonyl (C=O) groups excluding carboxylic acids is 1. The maximum atomic E-state index is 12.8. The molecule has 0 bridgehead atoms. The fraction of sp³-hybridized carbons (Fsp3) is 0.435. The van der Waals surface area contributed by atoms with Gasteiger partial charge in [0, 0.05) is 6.54 Å². The SMILES string of the molecule is COc1ccc(CCN2C(=O)CN(S(C)(=O)=O)C2c2ccc(C(C)(C)C)cc2)cc1. The Morgan fingerprint density at radius 2 is 1.63 bits per heavy atom.